The van der Waals surface area contributed by atoms with Crippen LogP contribution in [0.3, 0.4) is 0 Å². The average molecular weight is 254 g/mol. The van der Waals surface area contributed by atoms with E-state index < -0.39 is 5.41 Å². The van der Waals surface area contributed by atoms with E-state index >= 15 is 0 Å². The first kappa shape index (κ1) is 12.8. The second kappa shape index (κ2) is 4.23. The highest BCUT2D eigenvalue weighted by molar-refractivity contribution is 7.80. The maximum Gasteiger partial charge on any atom is 0.235 e. The van der Waals surface area contributed by atoms with Crippen molar-refractivity contribution in [2.75, 3.05) is 13.1 Å². The van der Waals surface area contributed by atoms with Crippen LogP contribution < -0.4 is 5.73 Å². The van der Waals surface area contributed by atoms with Crippen LogP contribution in [0.15, 0.2) is 0 Å². The van der Waals surface area contributed by atoms with Gasteiger partial charge < -0.3 is 10.6 Å². The molecular weight excluding hydrogens is 232 g/mol. The van der Waals surface area contributed by atoms with Gasteiger partial charge in [-0.15, -0.1) is 0 Å². The highest BCUT2D eigenvalue weighted by Gasteiger charge is 2.54. The number of hydrogen-bond acceptors (Lipinski definition) is 2. The molecule has 0 unspecified atom stereocenters. The number of likely N-dealkylation sites (tertiary alicyclic amines) is 1. The summed E-state index contributed by atoms with van der Waals surface area (Å²) < 4.78 is 0. The van der Waals surface area contributed by atoms with Gasteiger partial charge in [0.25, 0.3) is 0 Å². The molecule has 1 saturated heterocycles. The lowest BCUT2D eigenvalue weighted by molar-refractivity contribution is -0.134. The van der Waals surface area contributed by atoms with E-state index in [0.29, 0.717) is 10.4 Å². The molecule has 2 N–H and O–H groups in total. The molecule has 0 aromatic heterocycles. The van der Waals surface area contributed by atoms with E-state index in [9.17, 15) is 4.79 Å². The van der Waals surface area contributed by atoms with Gasteiger partial charge in [-0.25, -0.2) is 0 Å². The van der Waals surface area contributed by atoms with Crippen molar-refractivity contribution in [1.82, 2.24) is 4.90 Å². The minimum absolute atomic E-state index is 0.183. The fraction of sp³-hybridized carbons (Fsp3) is 0.846. The standard InChI is InChI=1S/C13H22N2OS/c1-12(2)4-3-8-15(9-7-12)11(16)13(5-6-13)10(14)17/h3-9H2,1-2H3,(H2,14,17). The minimum Gasteiger partial charge on any atom is -0.392 e. The second-order valence-electron chi connectivity index (χ2n) is 6.26. The molecule has 1 heterocycles. The molecule has 96 valence electrons. The van der Waals surface area contributed by atoms with Gasteiger partial charge in [0.05, 0.1) is 10.4 Å². The fourth-order valence-corrected chi connectivity index (χ4v) is 2.91. The summed E-state index contributed by atoms with van der Waals surface area (Å²) in [5, 5.41) is 0. The van der Waals surface area contributed by atoms with E-state index in [0.717, 1.165) is 38.8 Å². The third kappa shape index (κ3) is 2.46. The zero-order valence-electron chi connectivity index (χ0n) is 10.8. The van der Waals surface area contributed by atoms with Crippen molar-refractivity contribution in [3.8, 4) is 0 Å². The molecule has 1 aliphatic carbocycles. The molecule has 2 rings (SSSR count). The molecule has 0 spiro atoms. The molecule has 0 radical (unpaired) electrons. The summed E-state index contributed by atoms with van der Waals surface area (Å²) in [6.07, 6.45) is 5.05. The van der Waals surface area contributed by atoms with Crippen molar-refractivity contribution in [2.45, 2.75) is 46.0 Å². The Morgan fingerprint density at radius 3 is 2.35 bits per heavy atom. The summed E-state index contributed by atoms with van der Waals surface area (Å²) in [6, 6.07) is 0. The second-order valence-corrected chi connectivity index (χ2v) is 6.70. The summed E-state index contributed by atoms with van der Waals surface area (Å²) in [5.74, 6) is 0.183. The number of carbonyl (C=O) groups excluding carboxylic acids is 1. The fourth-order valence-electron chi connectivity index (χ4n) is 2.62. The Kier molecular flexibility index (Phi) is 3.19. The quantitative estimate of drug-likeness (QED) is 0.768. The number of nitrogens with two attached hydrogens (primary N) is 1. The van der Waals surface area contributed by atoms with E-state index in [1.54, 1.807) is 0 Å². The summed E-state index contributed by atoms with van der Waals surface area (Å²) in [4.78, 5) is 14.8. The summed E-state index contributed by atoms with van der Waals surface area (Å²) in [6.45, 7) is 6.28. The van der Waals surface area contributed by atoms with Gasteiger partial charge in [0.1, 0.15) is 0 Å². The zero-order chi connectivity index (χ0) is 12.7. The molecule has 17 heavy (non-hydrogen) atoms. The Bertz CT molecular complexity index is 347. The predicted octanol–water partition coefficient (Wildman–Crippen LogP) is 2.09. The van der Waals surface area contributed by atoms with Crippen LogP contribution >= 0.6 is 12.2 Å². The lowest BCUT2D eigenvalue weighted by atomic mass is 9.85. The lowest BCUT2D eigenvalue weighted by Crippen LogP contribution is -2.43. The monoisotopic (exact) mass is 254 g/mol. The highest BCUT2D eigenvalue weighted by atomic mass is 32.1. The molecule has 2 fully saturated rings. The largest absolute Gasteiger partial charge is 0.392 e. The maximum atomic E-state index is 12.4. The Hall–Kier alpha value is -0.640. The van der Waals surface area contributed by atoms with Crippen LogP contribution in [0.5, 0.6) is 0 Å². The first-order valence-corrected chi connectivity index (χ1v) is 6.88. The van der Waals surface area contributed by atoms with Crippen molar-refractivity contribution < 1.29 is 4.79 Å². The van der Waals surface area contributed by atoms with Crippen LogP contribution in [0.2, 0.25) is 0 Å². The van der Waals surface area contributed by atoms with Crippen molar-refractivity contribution in [2.24, 2.45) is 16.6 Å². The maximum absolute atomic E-state index is 12.4. The molecule has 4 heteroatoms. The van der Waals surface area contributed by atoms with Crippen LogP contribution in [0.4, 0.5) is 0 Å². The first-order chi connectivity index (χ1) is 7.87. The van der Waals surface area contributed by atoms with Gasteiger partial charge in [-0.3, -0.25) is 4.79 Å². The van der Waals surface area contributed by atoms with Gasteiger partial charge in [0.15, 0.2) is 0 Å². The average Bonchev–Trinajstić information content (AvgIpc) is 3.02. The Morgan fingerprint density at radius 1 is 1.18 bits per heavy atom. The van der Waals surface area contributed by atoms with E-state index in [-0.39, 0.29) is 5.91 Å². The van der Waals surface area contributed by atoms with Crippen molar-refractivity contribution in [3.63, 3.8) is 0 Å². The molecule has 2 aliphatic rings. The topological polar surface area (TPSA) is 46.3 Å². The first-order valence-electron chi connectivity index (χ1n) is 6.47. The molecule has 1 aliphatic heterocycles. The van der Waals surface area contributed by atoms with Crippen LogP contribution in [-0.2, 0) is 4.79 Å². The molecule has 0 aromatic rings. The van der Waals surface area contributed by atoms with Gasteiger partial charge in [0.2, 0.25) is 5.91 Å². The van der Waals surface area contributed by atoms with Gasteiger partial charge in [-0.2, -0.15) is 0 Å². The normalized spacial score (nSPS) is 26.1. The number of nitrogens with zero attached hydrogens (tertiary/aromatic N) is 1. The third-order valence-electron chi connectivity index (χ3n) is 4.26. The van der Waals surface area contributed by atoms with E-state index in [1.807, 2.05) is 4.90 Å². The third-order valence-corrected chi connectivity index (χ3v) is 4.65. The minimum atomic E-state index is -0.468. The number of hydrogen-bond donors (Lipinski definition) is 1. The number of amides is 1. The van der Waals surface area contributed by atoms with Crippen LogP contribution in [0.25, 0.3) is 0 Å². The molecule has 0 bridgehead atoms. The summed E-state index contributed by atoms with van der Waals surface area (Å²) in [5.41, 5.74) is 5.60. The van der Waals surface area contributed by atoms with Gasteiger partial charge in [-0.05, 0) is 37.5 Å². The number of thiocarbonyl (C=S) groups is 1. The molecule has 0 atom stereocenters. The summed E-state index contributed by atoms with van der Waals surface area (Å²) in [7, 11) is 0. The smallest absolute Gasteiger partial charge is 0.235 e. The predicted molar refractivity (Wildman–Crippen MR) is 72.7 cm³/mol. The van der Waals surface area contributed by atoms with Crippen molar-refractivity contribution in [3.05, 3.63) is 0 Å². The molecule has 3 nitrogen and oxygen atoms in total. The van der Waals surface area contributed by atoms with Crippen LogP contribution in [0.1, 0.15) is 46.0 Å². The van der Waals surface area contributed by atoms with Gasteiger partial charge >= 0.3 is 0 Å². The van der Waals surface area contributed by atoms with Crippen molar-refractivity contribution in [1.29, 1.82) is 0 Å². The molecule has 1 saturated carbocycles. The van der Waals surface area contributed by atoms with E-state index in [1.165, 1.54) is 6.42 Å². The number of rotatable bonds is 2. The van der Waals surface area contributed by atoms with E-state index in [2.05, 4.69) is 13.8 Å². The lowest BCUT2D eigenvalue weighted by Gasteiger charge is -2.26. The summed E-state index contributed by atoms with van der Waals surface area (Å²) >= 11 is 5.05. The highest BCUT2D eigenvalue weighted by Crippen LogP contribution is 2.48. The SMILES string of the molecule is CC1(C)CCCN(C(=O)C2(C(N)=S)CC2)CC1. The molecule has 1 amide bonds. The molecular formula is C13H22N2OS. The van der Waals surface area contributed by atoms with E-state index in [4.69, 9.17) is 18.0 Å². The Balaban J connectivity index is 2.04. The Morgan fingerprint density at radius 2 is 1.82 bits per heavy atom. The van der Waals surface area contributed by atoms with Gasteiger partial charge in [-0.1, -0.05) is 26.1 Å². The van der Waals surface area contributed by atoms with Crippen molar-refractivity contribution >= 4 is 23.1 Å². The molecule has 0 aromatic carbocycles. The number of carbonyl (C=O) groups is 1. The van der Waals surface area contributed by atoms with Gasteiger partial charge in [0, 0.05) is 13.1 Å². The van der Waals surface area contributed by atoms with Crippen LogP contribution in [-0.4, -0.2) is 28.9 Å². The zero-order valence-corrected chi connectivity index (χ0v) is 11.6. The Labute approximate surface area is 109 Å². The van der Waals surface area contributed by atoms with Crippen LogP contribution in [0, 0.1) is 10.8 Å².